The maximum Gasteiger partial charge on any atom is 0.295 e. The van der Waals surface area contributed by atoms with E-state index in [0.717, 1.165) is 15.7 Å². The number of hydrogen-bond acceptors (Lipinski definition) is 0. The Kier molecular flexibility index (Phi) is 14.7. The number of hydrogen-bond donors (Lipinski definition) is 0. The van der Waals surface area contributed by atoms with Crippen molar-refractivity contribution in [1.82, 2.24) is 0 Å². The van der Waals surface area contributed by atoms with E-state index in [1.54, 1.807) is 0 Å². The van der Waals surface area contributed by atoms with Crippen LogP contribution in [0.4, 0.5) is 0 Å². The van der Waals surface area contributed by atoms with Crippen molar-refractivity contribution in [3.63, 3.8) is 0 Å². The molecule has 0 aliphatic rings. The Morgan fingerprint density at radius 3 is 0.744 bits per heavy atom. The molecule has 0 spiro atoms. The zero-order valence-corrected chi connectivity index (χ0v) is 29.6. The third kappa shape index (κ3) is 10.8. The summed E-state index contributed by atoms with van der Waals surface area (Å²) in [4.78, 5) is 0. The van der Waals surface area contributed by atoms with Gasteiger partial charge >= 0.3 is 0 Å². The van der Waals surface area contributed by atoms with E-state index in [1.807, 2.05) is 0 Å². The molecule has 0 nitrogen and oxygen atoms in total. The molecule has 6 rings (SSSR count). The van der Waals surface area contributed by atoms with Crippen LogP contribution in [0.3, 0.4) is 0 Å². The van der Waals surface area contributed by atoms with E-state index in [9.17, 15) is 0 Å². The molecular formula is C38H38P4Pd+4. The van der Waals surface area contributed by atoms with E-state index in [4.69, 9.17) is 0 Å². The van der Waals surface area contributed by atoms with E-state index in [2.05, 4.69) is 182 Å². The second kappa shape index (κ2) is 19.0. The molecular weight excluding hydrogens is 687 g/mol. The average Bonchev–Trinajstić information content (AvgIpc) is 3.09. The number of benzene rings is 6. The van der Waals surface area contributed by atoms with Crippen molar-refractivity contribution >= 4 is 63.4 Å². The SMILES string of the molecule is [Pd].c1ccc([PH+](CC[PH+](c2ccccc2)c2ccccc2)c2ccccc2)cc1.c1ccc([PH+]=[PH+]c2ccccc2)cc1. The summed E-state index contributed by atoms with van der Waals surface area (Å²) in [6.45, 7) is 0. The first kappa shape index (κ1) is 33.3. The molecule has 2 atom stereocenters. The molecule has 5 heteroatoms. The van der Waals surface area contributed by atoms with Crippen LogP contribution in [-0.4, -0.2) is 12.3 Å². The van der Waals surface area contributed by atoms with E-state index in [1.165, 1.54) is 44.2 Å². The fraction of sp³-hybridized carbons (Fsp3) is 0.0526. The first-order valence-electron chi connectivity index (χ1n) is 14.4. The molecule has 0 N–H and O–H groups in total. The van der Waals surface area contributed by atoms with Crippen molar-refractivity contribution in [1.29, 1.82) is 0 Å². The summed E-state index contributed by atoms with van der Waals surface area (Å²) >= 11 is 0. The number of rotatable bonds is 9. The molecule has 0 heterocycles. The first-order valence-corrected chi connectivity index (χ1v) is 20.8. The summed E-state index contributed by atoms with van der Waals surface area (Å²) in [5.41, 5.74) is 0. The second-order valence-corrected chi connectivity index (χ2v) is 18.3. The summed E-state index contributed by atoms with van der Waals surface area (Å²) in [6.07, 6.45) is 2.52. The van der Waals surface area contributed by atoms with Crippen molar-refractivity contribution in [3.8, 4) is 0 Å². The Balaban J connectivity index is 0.000000238. The minimum absolute atomic E-state index is 0. The van der Waals surface area contributed by atoms with Crippen LogP contribution in [0.5, 0.6) is 0 Å². The van der Waals surface area contributed by atoms with Crippen molar-refractivity contribution in [2.75, 3.05) is 12.3 Å². The fourth-order valence-corrected chi connectivity index (χ4v) is 14.0. The van der Waals surface area contributed by atoms with Gasteiger partial charge in [-0.2, -0.15) is 0 Å². The Hall–Kier alpha value is -2.56. The van der Waals surface area contributed by atoms with Gasteiger partial charge in [0.2, 0.25) is 0 Å². The zero-order chi connectivity index (χ0) is 28.7. The molecule has 0 saturated carbocycles. The summed E-state index contributed by atoms with van der Waals surface area (Å²) in [5.74, 6) is 0. The quantitative estimate of drug-likeness (QED) is 0.106. The van der Waals surface area contributed by atoms with Gasteiger partial charge in [0.25, 0.3) is 15.7 Å². The van der Waals surface area contributed by atoms with Crippen molar-refractivity contribution in [2.45, 2.75) is 0 Å². The zero-order valence-electron chi connectivity index (χ0n) is 24.1. The van der Waals surface area contributed by atoms with E-state index in [-0.39, 0.29) is 20.4 Å². The normalized spacial score (nSPS) is 10.7. The van der Waals surface area contributed by atoms with Gasteiger partial charge in [0.1, 0.15) is 12.3 Å². The van der Waals surface area contributed by atoms with Crippen molar-refractivity contribution in [2.24, 2.45) is 0 Å². The molecule has 0 bridgehead atoms. The van der Waals surface area contributed by atoms with Crippen LogP contribution >= 0.6 is 31.6 Å². The molecule has 0 aliphatic carbocycles. The van der Waals surface area contributed by atoms with Gasteiger partial charge in [0.15, 0.2) is 10.6 Å². The van der Waals surface area contributed by atoms with Gasteiger partial charge in [-0.05, 0) is 72.8 Å². The molecule has 0 radical (unpaired) electrons. The van der Waals surface area contributed by atoms with Crippen LogP contribution in [0, 0.1) is 0 Å². The molecule has 6 aromatic carbocycles. The fourth-order valence-electron chi connectivity index (χ4n) is 4.91. The smallest absolute Gasteiger partial charge is 0.0620 e. The summed E-state index contributed by atoms with van der Waals surface area (Å²) in [6, 6.07) is 65.9. The molecule has 0 amide bonds. The van der Waals surface area contributed by atoms with Crippen molar-refractivity contribution < 1.29 is 20.4 Å². The van der Waals surface area contributed by atoms with Crippen LogP contribution in [0.1, 0.15) is 0 Å². The van der Waals surface area contributed by atoms with Crippen LogP contribution in [0.15, 0.2) is 182 Å². The summed E-state index contributed by atoms with van der Waals surface area (Å²) < 4.78 is 0. The summed E-state index contributed by atoms with van der Waals surface area (Å²) in [5, 5.41) is 8.97. The first-order chi connectivity index (χ1) is 20.9. The van der Waals surface area contributed by atoms with Crippen LogP contribution < -0.4 is 31.8 Å². The van der Waals surface area contributed by atoms with E-state index in [0.29, 0.717) is 0 Å². The van der Waals surface area contributed by atoms with Crippen LogP contribution in [0.2, 0.25) is 0 Å². The van der Waals surface area contributed by atoms with Crippen molar-refractivity contribution in [3.05, 3.63) is 182 Å². The molecule has 0 aliphatic heterocycles. The molecule has 43 heavy (non-hydrogen) atoms. The topological polar surface area (TPSA) is 0 Å². The largest absolute Gasteiger partial charge is 0.295 e. The van der Waals surface area contributed by atoms with Crippen LogP contribution in [0.25, 0.3) is 0 Å². The van der Waals surface area contributed by atoms with Gasteiger partial charge in [-0.3, -0.25) is 0 Å². The van der Waals surface area contributed by atoms with Gasteiger partial charge in [0, 0.05) is 20.4 Å². The molecule has 216 valence electrons. The third-order valence-electron chi connectivity index (χ3n) is 7.01. The predicted molar refractivity (Wildman–Crippen MR) is 199 cm³/mol. The Morgan fingerprint density at radius 2 is 0.512 bits per heavy atom. The third-order valence-corrected chi connectivity index (χ3v) is 16.6. The molecule has 0 saturated heterocycles. The Morgan fingerprint density at radius 1 is 0.302 bits per heavy atom. The minimum Gasteiger partial charge on any atom is -0.0620 e. The monoisotopic (exact) mass is 724 g/mol. The van der Waals surface area contributed by atoms with Gasteiger partial charge in [-0.1, -0.05) is 109 Å². The Bertz CT molecular complexity index is 1400. The predicted octanol–water partition coefficient (Wildman–Crippen LogP) is 7.62. The Labute approximate surface area is 276 Å². The van der Waals surface area contributed by atoms with Crippen LogP contribution in [-0.2, 0) is 20.4 Å². The van der Waals surface area contributed by atoms with Gasteiger partial charge in [0.05, 0.1) is 37.1 Å². The average molecular weight is 725 g/mol. The van der Waals surface area contributed by atoms with E-state index < -0.39 is 15.8 Å². The standard InChI is InChI=1S/C26H24P2.C12H12P2.Pd/c1-5-13-23(14-6-1)27(24-15-7-2-8-16-24)21-22-28(25-17-9-3-10-18-25)26-19-11-4-12-20-26;1-3-7-11(8-4-1)13-14-12-9-5-2-6-10-12;/h1-20H,21-22H2;1-10,13-14H;/q;+2;/p+2. The minimum atomic E-state index is -0.783. The molecule has 0 fully saturated rings. The van der Waals surface area contributed by atoms with Gasteiger partial charge < -0.3 is 0 Å². The summed E-state index contributed by atoms with van der Waals surface area (Å²) in [7, 11) is 0.253. The van der Waals surface area contributed by atoms with Gasteiger partial charge in [-0.25, -0.2) is 0 Å². The molecule has 2 unspecified atom stereocenters. The maximum absolute atomic E-state index is 2.32. The molecule has 6 aromatic rings. The van der Waals surface area contributed by atoms with E-state index >= 15 is 0 Å². The second-order valence-electron chi connectivity index (χ2n) is 9.90. The molecule has 0 aromatic heterocycles. The van der Waals surface area contributed by atoms with Gasteiger partial charge in [-0.15, -0.1) is 0 Å². The maximum atomic E-state index is 2.32.